The Morgan fingerprint density at radius 3 is 2.71 bits per heavy atom. The molecule has 2 aliphatic rings. The van der Waals surface area contributed by atoms with Gasteiger partial charge >= 0.3 is 6.16 Å². The second kappa shape index (κ2) is 4.41. The summed E-state index contributed by atoms with van der Waals surface area (Å²) in [4.78, 5) is 10.8. The van der Waals surface area contributed by atoms with Crippen molar-refractivity contribution in [2.45, 2.75) is 44.2 Å². The minimum absolute atomic E-state index is 0.103. The Morgan fingerprint density at radius 1 is 1.41 bits per heavy atom. The van der Waals surface area contributed by atoms with Crippen LogP contribution in [-0.4, -0.2) is 55.4 Å². The number of aliphatic hydroxyl groups is 1. The minimum Gasteiger partial charge on any atom is -0.438 e. The molecule has 98 valence electrons. The second-order valence-electron chi connectivity index (χ2n) is 4.40. The molecule has 17 heavy (non-hydrogen) atoms. The number of ether oxygens (including phenoxy) is 5. The number of aliphatic hydroxyl groups excluding tert-OH is 1. The summed E-state index contributed by atoms with van der Waals surface area (Å²) in [6.07, 6.45) is -3.57. The molecule has 0 aromatic heterocycles. The first-order chi connectivity index (χ1) is 7.93. The van der Waals surface area contributed by atoms with Crippen molar-refractivity contribution < 1.29 is 33.6 Å². The molecule has 0 aliphatic carbocycles. The lowest BCUT2D eigenvalue weighted by atomic mass is 10.1. The van der Waals surface area contributed by atoms with Gasteiger partial charge in [0.05, 0.1) is 7.11 Å². The molecule has 0 saturated carbocycles. The topological polar surface area (TPSA) is 83.5 Å². The molecule has 0 aromatic rings. The minimum atomic E-state index is -0.897. The van der Waals surface area contributed by atoms with Crippen LogP contribution in [0.4, 0.5) is 4.79 Å². The molecular formula is C10H16O7. The van der Waals surface area contributed by atoms with E-state index in [9.17, 15) is 9.90 Å². The molecular weight excluding hydrogens is 232 g/mol. The van der Waals surface area contributed by atoms with E-state index >= 15 is 0 Å². The van der Waals surface area contributed by atoms with Gasteiger partial charge in [-0.1, -0.05) is 0 Å². The Bertz CT molecular complexity index is 303. The summed E-state index contributed by atoms with van der Waals surface area (Å²) in [7, 11) is 1.21. The number of carbonyl (C=O) groups excluding carboxylic acids is 1. The van der Waals surface area contributed by atoms with Crippen LogP contribution in [0.5, 0.6) is 0 Å². The lowest BCUT2D eigenvalue weighted by molar-refractivity contribution is -0.218. The van der Waals surface area contributed by atoms with Crippen molar-refractivity contribution >= 4 is 6.16 Å². The first-order valence-corrected chi connectivity index (χ1v) is 5.33. The average molecular weight is 248 g/mol. The van der Waals surface area contributed by atoms with Crippen molar-refractivity contribution in [1.29, 1.82) is 0 Å². The molecule has 0 amide bonds. The molecule has 0 spiro atoms. The highest BCUT2D eigenvalue weighted by molar-refractivity contribution is 5.59. The quantitative estimate of drug-likeness (QED) is 0.689. The van der Waals surface area contributed by atoms with Gasteiger partial charge in [-0.05, 0) is 13.8 Å². The second-order valence-corrected chi connectivity index (χ2v) is 4.40. The zero-order valence-electron chi connectivity index (χ0n) is 9.91. The van der Waals surface area contributed by atoms with E-state index < -0.39 is 36.5 Å². The molecule has 4 atom stereocenters. The summed E-state index contributed by atoms with van der Waals surface area (Å²) in [5, 5.41) is 9.91. The summed E-state index contributed by atoms with van der Waals surface area (Å²) in [5.74, 6) is -0.773. The maximum Gasteiger partial charge on any atom is 0.508 e. The highest BCUT2D eigenvalue weighted by atomic mass is 16.8. The van der Waals surface area contributed by atoms with Crippen LogP contribution in [0.1, 0.15) is 13.8 Å². The number of methoxy groups -OCH3 is 1. The zero-order chi connectivity index (χ0) is 12.6. The lowest BCUT2D eigenvalue weighted by Crippen LogP contribution is -2.37. The van der Waals surface area contributed by atoms with E-state index in [1.807, 2.05) is 0 Å². The molecule has 2 saturated heterocycles. The zero-order valence-corrected chi connectivity index (χ0v) is 9.91. The van der Waals surface area contributed by atoms with Crippen LogP contribution in [0, 0.1) is 0 Å². The molecule has 2 heterocycles. The predicted octanol–water partition coefficient (Wildman–Crippen LogP) is 0.00670. The van der Waals surface area contributed by atoms with Gasteiger partial charge in [0.25, 0.3) is 0 Å². The first-order valence-electron chi connectivity index (χ1n) is 5.33. The summed E-state index contributed by atoms with van der Waals surface area (Å²) in [6.45, 7) is 3.37. The van der Waals surface area contributed by atoms with Crippen molar-refractivity contribution in [2.24, 2.45) is 0 Å². The van der Waals surface area contributed by atoms with Crippen molar-refractivity contribution in [2.75, 3.05) is 13.7 Å². The fraction of sp³-hybridized carbons (Fsp3) is 0.900. The number of hydrogen-bond donors (Lipinski definition) is 1. The van der Waals surface area contributed by atoms with Gasteiger partial charge in [-0.25, -0.2) is 4.79 Å². The molecule has 2 aliphatic heterocycles. The Balaban J connectivity index is 1.87. The van der Waals surface area contributed by atoms with Crippen LogP contribution in [0.25, 0.3) is 0 Å². The molecule has 0 bridgehead atoms. The van der Waals surface area contributed by atoms with E-state index in [1.54, 1.807) is 13.8 Å². The Hall–Kier alpha value is -0.890. The van der Waals surface area contributed by atoms with Crippen molar-refractivity contribution in [3.63, 3.8) is 0 Å². The largest absolute Gasteiger partial charge is 0.508 e. The standard InChI is InChI=1S/C10H16O7/c1-10(2)16-7-6(11)5(15-8(7)17-10)4-14-9(12)13-3/h5-8,11H,4H2,1-3H3/t5-,6+,7-,8+/m0/s1. The van der Waals surface area contributed by atoms with E-state index in [0.29, 0.717) is 0 Å². The summed E-state index contributed by atoms with van der Waals surface area (Å²) < 4.78 is 25.3. The van der Waals surface area contributed by atoms with Crippen LogP contribution in [0.15, 0.2) is 0 Å². The number of rotatable bonds is 2. The maximum absolute atomic E-state index is 10.8. The monoisotopic (exact) mass is 248 g/mol. The molecule has 0 unspecified atom stereocenters. The first kappa shape index (κ1) is 12.6. The van der Waals surface area contributed by atoms with Crippen molar-refractivity contribution in [3.05, 3.63) is 0 Å². The predicted molar refractivity (Wildman–Crippen MR) is 53.1 cm³/mol. The summed E-state index contributed by atoms with van der Waals surface area (Å²) in [5.41, 5.74) is 0. The average Bonchev–Trinajstić information content (AvgIpc) is 2.70. The van der Waals surface area contributed by atoms with E-state index in [-0.39, 0.29) is 6.61 Å². The van der Waals surface area contributed by atoms with Crippen LogP contribution in [0.3, 0.4) is 0 Å². The Morgan fingerprint density at radius 2 is 2.12 bits per heavy atom. The summed E-state index contributed by atoms with van der Waals surface area (Å²) in [6, 6.07) is 0. The third kappa shape index (κ3) is 2.52. The highest BCUT2D eigenvalue weighted by Gasteiger charge is 2.54. The van der Waals surface area contributed by atoms with Gasteiger partial charge in [0.1, 0.15) is 24.9 Å². The smallest absolute Gasteiger partial charge is 0.438 e. The number of hydrogen-bond acceptors (Lipinski definition) is 7. The third-order valence-corrected chi connectivity index (χ3v) is 2.65. The van der Waals surface area contributed by atoms with E-state index in [2.05, 4.69) is 4.74 Å². The molecule has 1 N–H and O–H groups in total. The molecule has 2 fully saturated rings. The van der Waals surface area contributed by atoms with Crippen LogP contribution in [0.2, 0.25) is 0 Å². The molecule has 7 nitrogen and oxygen atoms in total. The van der Waals surface area contributed by atoms with E-state index in [1.165, 1.54) is 7.11 Å². The molecule has 7 heteroatoms. The van der Waals surface area contributed by atoms with Gasteiger partial charge in [0.2, 0.25) is 0 Å². The molecule has 0 radical (unpaired) electrons. The fourth-order valence-electron chi connectivity index (χ4n) is 1.91. The van der Waals surface area contributed by atoms with Gasteiger partial charge in [0.15, 0.2) is 12.1 Å². The van der Waals surface area contributed by atoms with Gasteiger partial charge in [-0.3, -0.25) is 0 Å². The SMILES string of the molecule is COC(=O)OC[C@@H]1O[C@@H]2OC(C)(C)O[C@H]2[C@@H]1O. The highest BCUT2D eigenvalue weighted by Crippen LogP contribution is 2.37. The van der Waals surface area contributed by atoms with Crippen LogP contribution < -0.4 is 0 Å². The Labute approximate surface area is 98.5 Å². The van der Waals surface area contributed by atoms with Gasteiger partial charge in [-0.2, -0.15) is 0 Å². The van der Waals surface area contributed by atoms with Gasteiger partial charge < -0.3 is 28.8 Å². The van der Waals surface area contributed by atoms with Crippen molar-refractivity contribution in [3.8, 4) is 0 Å². The molecule has 0 aromatic carbocycles. The summed E-state index contributed by atoms with van der Waals surface area (Å²) >= 11 is 0. The number of fused-ring (bicyclic) bond motifs is 1. The number of carbonyl (C=O) groups is 1. The molecule has 2 rings (SSSR count). The van der Waals surface area contributed by atoms with Crippen LogP contribution in [-0.2, 0) is 23.7 Å². The van der Waals surface area contributed by atoms with Gasteiger partial charge in [-0.15, -0.1) is 0 Å². The third-order valence-electron chi connectivity index (χ3n) is 2.65. The normalized spacial score (nSPS) is 38.8. The van der Waals surface area contributed by atoms with Gasteiger partial charge in [0, 0.05) is 0 Å². The van der Waals surface area contributed by atoms with Crippen molar-refractivity contribution in [1.82, 2.24) is 0 Å². The Kier molecular flexibility index (Phi) is 3.26. The van der Waals surface area contributed by atoms with E-state index in [4.69, 9.17) is 18.9 Å². The van der Waals surface area contributed by atoms with E-state index in [0.717, 1.165) is 0 Å². The maximum atomic E-state index is 10.8. The fourth-order valence-corrected chi connectivity index (χ4v) is 1.91. The lowest BCUT2D eigenvalue weighted by Gasteiger charge is -2.22. The van der Waals surface area contributed by atoms with Crippen LogP contribution >= 0.6 is 0 Å².